The summed E-state index contributed by atoms with van der Waals surface area (Å²) < 4.78 is 0. The number of rotatable bonds is 5. The van der Waals surface area contributed by atoms with Gasteiger partial charge < -0.3 is 10.3 Å². The van der Waals surface area contributed by atoms with Crippen LogP contribution in [0.1, 0.15) is 43.5 Å². The van der Waals surface area contributed by atoms with Crippen molar-refractivity contribution in [3.8, 4) is 0 Å². The zero-order valence-corrected chi connectivity index (χ0v) is 15.0. The number of carbonyl (C=O) groups is 1. The van der Waals surface area contributed by atoms with Gasteiger partial charge in [0.1, 0.15) is 5.82 Å². The van der Waals surface area contributed by atoms with E-state index in [0.29, 0.717) is 0 Å². The molecule has 4 heteroatoms. The first kappa shape index (κ1) is 16.8. The number of carbonyl (C=O) groups excluding carboxylic acids is 1. The molecule has 0 radical (unpaired) electrons. The number of nitrogens with one attached hydrogen (secondary N) is 2. The van der Waals surface area contributed by atoms with E-state index in [1.807, 2.05) is 30.3 Å². The molecule has 0 bridgehead atoms. The predicted octanol–water partition coefficient (Wildman–Crippen LogP) is 4.87. The molecule has 1 aliphatic rings. The Labute approximate surface area is 154 Å². The molecule has 4 rings (SSSR count). The van der Waals surface area contributed by atoms with E-state index in [1.165, 1.54) is 24.8 Å². The normalized spacial score (nSPS) is 15.2. The van der Waals surface area contributed by atoms with Crippen molar-refractivity contribution in [2.75, 3.05) is 5.32 Å². The zero-order chi connectivity index (χ0) is 17.8. The fourth-order valence-electron chi connectivity index (χ4n) is 3.75. The molecule has 0 saturated heterocycles. The topological polar surface area (TPSA) is 57.8 Å². The van der Waals surface area contributed by atoms with E-state index >= 15 is 0 Å². The van der Waals surface area contributed by atoms with E-state index in [4.69, 9.17) is 0 Å². The number of aryl methyl sites for hydroxylation is 2. The van der Waals surface area contributed by atoms with Gasteiger partial charge in [-0.15, -0.1) is 0 Å². The van der Waals surface area contributed by atoms with Crippen LogP contribution in [0.2, 0.25) is 0 Å². The molecule has 2 N–H and O–H groups in total. The van der Waals surface area contributed by atoms with Crippen molar-refractivity contribution in [2.45, 2.75) is 44.9 Å². The summed E-state index contributed by atoms with van der Waals surface area (Å²) in [6.07, 6.45) is 7.49. The van der Waals surface area contributed by atoms with Gasteiger partial charge in [0, 0.05) is 18.0 Å². The molecule has 1 saturated carbocycles. The molecule has 3 aromatic rings. The molecule has 134 valence electrons. The number of hydrogen-bond donors (Lipinski definition) is 2. The maximum Gasteiger partial charge on any atom is 0.227 e. The molecule has 0 unspecified atom stereocenters. The number of fused-ring (bicyclic) bond motifs is 1. The Morgan fingerprint density at radius 1 is 1.00 bits per heavy atom. The van der Waals surface area contributed by atoms with Crippen LogP contribution < -0.4 is 5.32 Å². The van der Waals surface area contributed by atoms with Crippen LogP contribution in [0, 0.1) is 5.92 Å². The maximum atomic E-state index is 12.3. The Morgan fingerprint density at radius 3 is 2.54 bits per heavy atom. The van der Waals surface area contributed by atoms with Gasteiger partial charge in [0.05, 0.1) is 11.0 Å². The van der Waals surface area contributed by atoms with Crippen molar-refractivity contribution in [2.24, 2.45) is 5.92 Å². The van der Waals surface area contributed by atoms with Crippen LogP contribution in [-0.2, 0) is 17.6 Å². The molecule has 1 amide bonds. The Hall–Kier alpha value is -2.62. The average Bonchev–Trinajstić information content (AvgIpc) is 3.11. The fourth-order valence-corrected chi connectivity index (χ4v) is 3.75. The highest BCUT2D eigenvalue weighted by Gasteiger charge is 2.20. The number of H-pyrrole nitrogens is 1. The Morgan fingerprint density at radius 2 is 1.77 bits per heavy atom. The van der Waals surface area contributed by atoms with Crippen LogP contribution >= 0.6 is 0 Å². The molecular formula is C22H25N3O. The van der Waals surface area contributed by atoms with Gasteiger partial charge in [0.2, 0.25) is 5.91 Å². The van der Waals surface area contributed by atoms with E-state index in [-0.39, 0.29) is 11.8 Å². The minimum atomic E-state index is 0.180. The van der Waals surface area contributed by atoms with Crippen LogP contribution in [0.15, 0.2) is 48.5 Å². The predicted molar refractivity (Wildman–Crippen MR) is 105 cm³/mol. The van der Waals surface area contributed by atoms with E-state index < -0.39 is 0 Å². The molecule has 1 aromatic heterocycles. The molecule has 1 fully saturated rings. The van der Waals surface area contributed by atoms with Crippen molar-refractivity contribution >= 4 is 22.6 Å². The number of aromatic nitrogens is 2. The van der Waals surface area contributed by atoms with Crippen LogP contribution in [0.25, 0.3) is 11.0 Å². The summed E-state index contributed by atoms with van der Waals surface area (Å²) in [4.78, 5) is 20.3. The average molecular weight is 347 g/mol. The summed E-state index contributed by atoms with van der Waals surface area (Å²) in [5.41, 5.74) is 4.25. The van der Waals surface area contributed by atoms with Crippen molar-refractivity contribution in [1.82, 2.24) is 9.97 Å². The highest BCUT2D eigenvalue weighted by Crippen LogP contribution is 2.25. The third-order valence-corrected chi connectivity index (χ3v) is 5.29. The van der Waals surface area contributed by atoms with Crippen LogP contribution in [0.5, 0.6) is 0 Å². The van der Waals surface area contributed by atoms with Crippen LogP contribution in [0.3, 0.4) is 0 Å². The third-order valence-electron chi connectivity index (χ3n) is 5.29. The molecule has 4 nitrogen and oxygen atoms in total. The van der Waals surface area contributed by atoms with Crippen molar-refractivity contribution < 1.29 is 4.79 Å². The SMILES string of the molecule is O=C(Nc1ccc(CCc2nc3ccccc3[nH]2)cc1)C1CCCCC1. The Balaban J connectivity index is 1.33. The quantitative estimate of drug-likeness (QED) is 0.692. The minimum Gasteiger partial charge on any atom is -0.342 e. The molecule has 0 aliphatic heterocycles. The van der Waals surface area contributed by atoms with E-state index in [1.54, 1.807) is 0 Å². The first-order chi connectivity index (χ1) is 12.8. The molecule has 26 heavy (non-hydrogen) atoms. The maximum absolute atomic E-state index is 12.3. The zero-order valence-electron chi connectivity index (χ0n) is 15.0. The smallest absolute Gasteiger partial charge is 0.227 e. The summed E-state index contributed by atoms with van der Waals surface area (Å²) in [7, 11) is 0. The van der Waals surface area contributed by atoms with Gasteiger partial charge in [-0.25, -0.2) is 4.98 Å². The molecule has 0 spiro atoms. The highest BCUT2D eigenvalue weighted by molar-refractivity contribution is 5.92. The minimum absolute atomic E-state index is 0.180. The van der Waals surface area contributed by atoms with Gasteiger partial charge in [-0.2, -0.15) is 0 Å². The molecule has 1 heterocycles. The van der Waals surface area contributed by atoms with E-state index in [0.717, 1.165) is 48.2 Å². The standard InChI is InChI=1S/C22H25N3O/c26-22(17-6-2-1-3-7-17)23-18-13-10-16(11-14-18)12-15-21-24-19-8-4-5-9-20(19)25-21/h4-5,8-11,13-14,17H,1-3,6-7,12,15H2,(H,23,26)(H,24,25). The number of imidazole rings is 1. The number of benzene rings is 2. The molecular weight excluding hydrogens is 322 g/mol. The summed E-state index contributed by atoms with van der Waals surface area (Å²) in [6.45, 7) is 0. The second kappa shape index (κ2) is 7.73. The summed E-state index contributed by atoms with van der Waals surface area (Å²) in [6, 6.07) is 16.3. The van der Waals surface area contributed by atoms with Gasteiger partial charge in [-0.05, 0) is 49.1 Å². The lowest BCUT2D eigenvalue weighted by Crippen LogP contribution is -2.24. The van der Waals surface area contributed by atoms with Crippen molar-refractivity contribution in [3.63, 3.8) is 0 Å². The molecule has 2 aromatic carbocycles. The number of aromatic amines is 1. The first-order valence-corrected chi connectivity index (χ1v) is 9.61. The first-order valence-electron chi connectivity index (χ1n) is 9.61. The van der Waals surface area contributed by atoms with E-state index in [9.17, 15) is 4.79 Å². The van der Waals surface area contributed by atoms with Crippen LogP contribution in [-0.4, -0.2) is 15.9 Å². The number of nitrogens with zero attached hydrogens (tertiary/aromatic N) is 1. The van der Waals surface area contributed by atoms with Gasteiger partial charge >= 0.3 is 0 Å². The van der Waals surface area contributed by atoms with E-state index in [2.05, 4.69) is 33.5 Å². The molecule has 0 atom stereocenters. The van der Waals surface area contributed by atoms with Crippen molar-refractivity contribution in [1.29, 1.82) is 0 Å². The third kappa shape index (κ3) is 3.96. The lowest BCUT2D eigenvalue weighted by atomic mass is 9.88. The number of anilines is 1. The summed E-state index contributed by atoms with van der Waals surface area (Å²) in [5, 5.41) is 3.07. The number of para-hydroxylation sites is 2. The second-order valence-electron chi connectivity index (χ2n) is 7.22. The second-order valence-corrected chi connectivity index (χ2v) is 7.22. The largest absolute Gasteiger partial charge is 0.342 e. The highest BCUT2D eigenvalue weighted by atomic mass is 16.1. The Bertz CT molecular complexity index is 843. The summed E-state index contributed by atoms with van der Waals surface area (Å²) in [5.74, 6) is 1.39. The monoisotopic (exact) mass is 347 g/mol. The van der Waals surface area contributed by atoms with Gasteiger partial charge in [-0.3, -0.25) is 4.79 Å². The van der Waals surface area contributed by atoms with Crippen molar-refractivity contribution in [3.05, 3.63) is 59.9 Å². The fraction of sp³-hybridized carbons (Fsp3) is 0.364. The molecule has 1 aliphatic carbocycles. The number of amides is 1. The lowest BCUT2D eigenvalue weighted by Gasteiger charge is -2.20. The van der Waals surface area contributed by atoms with Gasteiger partial charge in [0.25, 0.3) is 0 Å². The summed E-state index contributed by atoms with van der Waals surface area (Å²) >= 11 is 0. The van der Waals surface area contributed by atoms with Crippen LogP contribution in [0.4, 0.5) is 5.69 Å². The lowest BCUT2D eigenvalue weighted by molar-refractivity contribution is -0.120. The van der Waals surface area contributed by atoms with Gasteiger partial charge in [-0.1, -0.05) is 43.5 Å². The number of hydrogen-bond acceptors (Lipinski definition) is 2. The Kier molecular flexibility index (Phi) is 5.00. The van der Waals surface area contributed by atoms with Gasteiger partial charge in [0.15, 0.2) is 0 Å².